The average Bonchev–Trinajstić information content (AvgIpc) is 3.13. The Morgan fingerprint density at radius 3 is 2.71 bits per heavy atom. The van der Waals surface area contributed by atoms with Crippen LogP contribution in [0.5, 0.6) is 0 Å². The highest BCUT2D eigenvalue weighted by Crippen LogP contribution is 2.33. The molecule has 1 N–H and O–H groups in total. The standard InChI is InChI=1S/C22H15ClFN3O3S/c1-11-7-8-12(9-15(11)24)19(28)20-17(13-5-3-4-6-16(13)30-20)26-21(29)18-14(23)10-25-22(27-18)31-2/h3-10H,1-2H3,(H,26,29). The van der Waals surface area contributed by atoms with E-state index in [1.54, 1.807) is 37.4 Å². The molecule has 0 saturated heterocycles. The number of fused-ring (bicyclic) bond motifs is 1. The number of nitrogens with one attached hydrogen (secondary N) is 1. The van der Waals surface area contributed by atoms with Crippen LogP contribution >= 0.6 is 23.4 Å². The van der Waals surface area contributed by atoms with E-state index in [9.17, 15) is 14.0 Å². The van der Waals surface area contributed by atoms with Crippen LogP contribution in [0.4, 0.5) is 10.1 Å². The molecule has 0 fully saturated rings. The lowest BCUT2D eigenvalue weighted by Gasteiger charge is -2.08. The number of furan rings is 1. The van der Waals surface area contributed by atoms with Gasteiger partial charge in [-0.15, -0.1) is 0 Å². The van der Waals surface area contributed by atoms with E-state index in [2.05, 4.69) is 15.3 Å². The van der Waals surface area contributed by atoms with Gasteiger partial charge in [0.1, 0.15) is 11.4 Å². The first-order valence-electron chi connectivity index (χ1n) is 9.09. The minimum Gasteiger partial charge on any atom is -0.450 e. The summed E-state index contributed by atoms with van der Waals surface area (Å²) in [5.41, 5.74) is 1.03. The van der Waals surface area contributed by atoms with Gasteiger partial charge in [0, 0.05) is 10.9 Å². The summed E-state index contributed by atoms with van der Waals surface area (Å²) in [5.74, 6) is -1.82. The number of amides is 1. The lowest BCUT2D eigenvalue weighted by Crippen LogP contribution is -2.17. The van der Waals surface area contributed by atoms with Crippen LogP contribution in [0.25, 0.3) is 11.0 Å². The van der Waals surface area contributed by atoms with Gasteiger partial charge < -0.3 is 9.73 Å². The Bertz CT molecular complexity index is 1340. The van der Waals surface area contributed by atoms with Crippen LogP contribution in [0.15, 0.2) is 58.2 Å². The van der Waals surface area contributed by atoms with Crippen LogP contribution < -0.4 is 5.32 Å². The third-order valence-corrected chi connectivity index (χ3v) is 5.43. The molecule has 0 saturated carbocycles. The normalized spacial score (nSPS) is 11.0. The molecule has 2 heterocycles. The quantitative estimate of drug-likeness (QED) is 0.242. The topological polar surface area (TPSA) is 85.1 Å². The van der Waals surface area contributed by atoms with Gasteiger partial charge in [0.2, 0.25) is 5.78 Å². The van der Waals surface area contributed by atoms with Gasteiger partial charge in [0.25, 0.3) is 5.91 Å². The van der Waals surface area contributed by atoms with Crippen LogP contribution in [0.1, 0.15) is 32.2 Å². The van der Waals surface area contributed by atoms with Gasteiger partial charge in [-0.1, -0.05) is 47.6 Å². The zero-order valence-corrected chi connectivity index (χ0v) is 18.0. The van der Waals surface area contributed by atoms with Crippen molar-refractivity contribution in [2.75, 3.05) is 11.6 Å². The van der Waals surface area contributed by atoms with E-state index in [0.717, 1.165) is 6.07 Å². The number of rotatable bonds is 5. The van der Waals surface area contributed by atoms with Gasteiger partial charge in [0.05, 0.1) is 16.9 Å². The van der Waals surface area contributed by atoms with Gasteiger partial charge in [-0.05, 0) is 36.9 Å². The minimum atomic E-state index is -0.626. The van der Waals surface area contributed by atoms with Gasteiger partial charge in [0.15, 0.2) is 16.6 Å². The molecular formula is C22H15ClFN3O3S. The highest BCUT2D eigenvalue weighted by molar-refractivity contribution is 7.98. The van der Waals surface area contributed by atoms with E-state index < -0.39 is 17.5 Å². The third-order valence-electron chi connectivity index (χ3n) is 4.59. The molecule has 156 valence electrons. The van der Waals surface area contributed by atoms with Crippen molar-refractivity contribution < 1.29 is 18.4 Å². The number of thioether (sulfide) groups is 1. The zero-order valence-electron chi connectivity index (χ0n) is 16.4. The molecule has 4 aromatic rings. The number of carbonyl (C=O) groups excluding carboxylic acids is 2. The second-order valence-corrected chi connectivity index (χ2v) is 7.78. The predicted octanol–water partition coefficient (Wildman–Crippen LogP) is 5.53. The number of para-hydroxylation sites is 1. The first-order valence-corrected chi connectivity index (χ1v) is 10.7. The molecule has 0 radical (unpaired) electrons. The first kappa shape index (κ1) is 21.0. The van der Waals surface area contributed by atoms with Crippen molar-refractivity contribution in [3.05, 3.63) is 82.1 Å². The van der Waals surface area contributed by atoms with Crippen molar-refractivity contribution in [1.82, 2.24) is 9.97 Å². The summed E-state index contributed by atoms with van der Waals surface area (Å²) in [6.07, 6.45) is 3.11. The molecule has 2 aromatic heterocycles. The SMILES string of the molecule is CSc1ncc(Cl)c(C(=O)Nc2c(C(=O)c3ccc(C)c(F)c3)oc3ccccc23)n1. The summed E-state index contributed by atoms with van der Waals surface area (Å²) in [7, 11) is 0. The van der Waals surface area contributed by atoms with Crippen LogP contribution in [0.3, 0.4) is 0 Å². The smallest absolute Gasteiger partial charge is 0.276 e. The summed E-state index contributed by atoms with van der Waals surface area (Å²) in [6.45, 7) is 1.60. The lowest BCUT2D eigenvalue weighted by molar-refractivity contribution is 0.101. The van der Waals surface area contributed by atoms with Crippen molar-refractivity contribution in [1.29, 1.82) is 0 Å². The molecule has 0 unspecified atom stereocenters. The summed E-state index contributed by atoms with van der Waals surface area (Å²) < 4.78 is 19.8. The minimum absolute atomic E-state index is 0.0360. The third kappa shape index (κ3) is 4.04. The molecule has 2 aromatic carbocycles. The highest BCUT2D eigenvalue weighted by atomic mass is 35.5. The maximum Gasteiger partial charge on any atom is 0.276 e. The number of carbonyl (C=O) groups is 2. The fourth-order valence-electron chi connectivity index (χ4n) is 2.98. The van der Waals surface area contributed by atoms with Crippen LogP contribution in [-0.4, -0.2) is 27.9 Å². The molecule has 0 spiro atoms. The fourth-order valence-corrected chi connectivity index (χ4v) is 3.49. The van der Waals surface area contributed by atoms with Crippen LogP contribution in [0, 0.1) is 12.7 Å². The fraction of sp³-hybridized carbons (Fsp3) is 0.0909. The maximum atomic E-state index is 14.0. The number of hydrogen-bond donors (Lipinski definition) is 1. The Hall–Kier alpha value is -3.23. The van der Waals surface area contributed by atoms with Crippen LogP contribution in [-0.2, 0) is 0 Å². The predicted molar refractivity (Wildman–Crippen MR) is 118 cm³/mol. The number of benzene rings is 2. The Morgan fingerprint density at radius 2 is 1.97 bits per heavy atom. The summed E-state index contributed by atoms with van der Waals surface area (Å²) in [6, 6.07) is 11.0. The van der Waals surface area contributed by atoms with E-state index in [1.807, 2.05) is 0 Å². The summed E-state index contributed by atoms with van der Waals surface area (Å²) >= 11 is 7.37. The highest BCUT2D eigenvalue weighted by Gasteiger charge is 2.25. The average molecular weight is 456 g/mol. The second kappa shape index (κ2) is 8.49. The zero-order chi connectivity index (χ0) is 22.1. The summed E-state index contributed by atoms with van der Waals surface area (Å²) in [5, 5.41) is 3.64. The molecule has 0 aliphatic heterocycles. The van der Waals surface area contributed by atoms with E-state index in [0.29, 0.717) is 21.7 Å². The molecule has 1 amide bonds. The molecule has 0 aliphatic rings. The first-order chi connectivity index (χ1) is 14.9. The number of anilines is 1. The Kier molecular flexibility index (Phi) is 5.75. The van der Waals surface area contributed by atoms with Gasteiger partial charge >= 0.3 is 0 Å². The number of aromatic nitrogens is 2. The van der Waals surface area contributed by atoms with Gasteiger partial charge in [-0.25, -0.2) is 14.4 Å². The van der Waals surface area contributed by atoms with Crippen LogP contribution in [0.2, 0.25) is 5.02 Å². The Morgan fingerprint density at radius 1 is 1.19 bits per heavy atom. The largest absolute Gasteiger partial charge is 0.450 e. The maximum absolute atomic E-state index is 14.0. The Balaban J connectivity index is 1.79. The van der Waals surface area contributed by atoms with E-state index in [1.165, 1.54) is 30.1 Å². The number of nitrogens with zero attached hydrogens (tertiary/aromatic N) is 2. The number of aryl methyl sites for hydroxylation is 1. The van der Waals surface area contributed by atoms with Gasteiger partial charge in [-0.2, -0.15) is 0 Å². The van der Waals surface area contributed by atoms with E-state index >= 15 is 0 Å². The lowest BCUT2D eigenvalue weighted by atomic mass is 10.0. The molecule has 31 heavy (non-hydrogen) atoms. The van der Waals surface area contributed by atoms with Crippen molar-refractivity contribution in [3.63, 3.8) is 0 Å². The number of hydrogen-bond acceptors (Lipinski definition) is 6. The molecule has 9 heteroatoms. The van der Waals surface area contributed by atoms with Gasteiger partial charge in [-0.3, -0.25) is 9.59 Å². The molecule has 4 rings (SSSR count). The Labute approximate surface area is 185 Å². The monoisotopic (exact) mass is 455 g/mol. The molecule has 0 atom stereocenters. The van der Waals surface area contributed by atoms with E-state index in [4.69, 9.17) is 16.0 Å². The molecule has 0 bridgehead atoms. The van der Waals surface area contributed by atoms with Crippen molar-refractivity contribution in [3.8, 4) is 0 Å². The molecule has 0 aliphatic carbocycles. The second-order valence-electron chi connectivity index (χ2n) is 6.60. The summed E-state index contributed by atoms with van der Waals surface area (Å²) in [4.78, 5) is 34.2. The van der Waals surface area contributed by atoms with Crippen molar-refractivity contribution >= 4 is 51.7 Å². The number of halogens is 2. The molecular weight excluding hydrogens is 441 g/mol. The van der Waals surface area contributed by atoms with E-state index in [-0.39, 0.29) is 27.7 Å². The van der Waals surface area contributed by atoms with Crippen molar-refractivity contribution in [2.24, 2.45) is 0 Å². The van der Waals surface area contributed by atoms with Crippen molar-refractivity contribution in [2.45, 2.75) is 12.1 Å². The molecule has 6 nitrogen and oxygen atoms in total. The number of ketones is 1.